The molecule has 2 heterocycles. The number of hydrogen-bond acceptors (Lipinski definition) is 3. The SMILES string of the molecule is Cc1ccc(C)c(CS(=O)(=O)Cc2cn3cc(Cl)ccc3n2)c1. The van der Waals surface area contributed by atoms with Gasteiger partial charge in [-0.2, -0.15) is 0 Å². The van der Waals surface area contributed by atoms with Crippen molar-refractivity contribution in [2.45, 2.75) is 25.4 Å². The summed E-state index contributed by atoms with van der Waals surface area (Å²) >= 11 is 5.93. The normalized spacial score (nSPS) is 12.0. The third-order valence-electron chi connectivity index (χ3n) is 3.71. The zero-order valence-corrected chi connectivity index (χ0v) is 14.5. The molecule has 0 atom stereocenters. The van der Waals surface area contributed by atoms with Gasteiger partial charge in [-0.3, -0.25) is 0 Å². The molecule has 0 bridgehead atoms. The zero-order chi connectivity index (χ0) is 16.6. The highest BCUT2D eigenvalue weighted by Gasteiger charge is 2.17. The number of aryl methyl sites for hydroxylation is 2. The van der Waals surface area contributed by atoms with Crippen LogP contribution in [0.2, 0.25) is 5.02 Å². The van der Waals surface area contributed by atoms with Crippen LogP contribution in [-0.4, -0.2) is 17.8 Å². The molecule has 0 radical (unpaired) electrons. The van der Waals surface area contributed by atoms with E-state index in [-0.39, 0.29) is 11.5 Å². The second-order valence-electron chi connectivity index (χ2n) is 5.81. The van der Waals surface area contributed by atoms with Gasteiger partial charge < -0.3 is 4.40 Å². The average molecular weight is 349 g/mol. The molecule has 1 aromatic carbocycles. The van der Waals surface area contributed by atoms with Crippen LogP contribution in [-0.2, 0) is 21.3 Å². The van der Waals surface area contributed by atoms with Gasteiger partial charge in [0.05, 0.1) is 22.2 Å². The Morgan fingerprint density at radius 2 is 1.87 bits per heavy atom. The lowest BCUT2D eigenvalue weighted by Crippen LogP contribution is -2.09. The molecule has 0 aliphatic rings. The highest BCUT2D eigenvalue weighted by molar-refractivity contribution is 7.89. The molecule has 0 unspecified atom stereocenters. The number of benzene rings is 1. The van der Waals surface area contributed by atoms with Gasteiger partial charge in [0.25, 0.3) is 0 Å². The lowest BCUT2D eigenvalue weighted by molar-refractivity contribution is 0.594. The van der Waals surface area contributed by atoms with Crippen LogP contribution in [0.4, 0.5) is 0 Å². The summed E-state index contributed by atoms with van der Waals surface area (Å²) in [6, 6.07) is 9.36. The van der Waals surface area contributed by atoms with Gasteiger partial charge >= 0.3 is 0 Å². The first kappa shape index (κ1) is 16.0. The molecule has 23 heavy (non-hydrogen) atoms. The molecule has 0 aliphatic heterocycles. The summed E-state index contributed by atoms with van der Waals surface area (Å²) in [6.07, 6.45) is 3.42. The molecule has 0 spiro atoms. The maximum atomic E-state index is 12.5. The van der Waals surface area contributed by atoms with E-state index in [1.165, 1.54) is 0 Å². The molecule has 0 amide bonds. The van der Waals surface area contributed by atoms with Crippen LogP contribution in [0.25, 0.3) is 5.65 Å². The van der Waals surface area contributed by atoms with Crippen molar-refractivity contribution in [3.8, 4) is 0 Å². The zero-order valence-electron chi connectivity index (χ0n) is 13.0. The van der Waals surface area contributed by atoms with Crippen LogP contribution in [0.5, 0.6) is 0 Å². The third-order valence-corrected chi connectivity index (χ3v) is 5.42. The Labute approximate surface area is 140 Å². The fraction of sp³-hybridized carbons (Fsp3) is 0.235. The van der Waals surface area contributed by atoms with Gasteiger partial charge in [-0.05, 0) is 37.1 Å². The summed E-state index contributed by atoms with van der Waals surface area (Å²) < 4.78 is 26.7. The summed E-state index contributed by atoms with van der Waals surface area (Å²) in [5.41, 5.74) is 4.10. The van der Waals surface area contributed by atoms with E-state index in [2.05, 4.69) is 4.98 Å². The minimum absolute atomic E-state index is 0.0230. The van der Waals surface area contributed by atoms with Gasteiger partial charge in [0, 0.05) is 12.4 Å². The van der Waals surface area contributed by atoms with Gasteiger partial charge in [0.15, 0.2) is 9.84 Å². The van der Waals surface area contributed by atoms with Gasteiger partial charge in [-0.1, -0.05) is 35.4 Å². The fourth-order valence-corrected chi connectivity index (χ4v) is 4.20. The second-order valence-corrected chi connectivity index (χ2v) is 8.31. The summed E-state index contributed by atoms with van der Waals surface area (Å²) in [5, 5.41) is 0.583. The maximum absolute atomic E-state index is 12.5. The highest BCUT2D eigenvalue weighted by Crippen LogP contribution is 2.18. The van der Waals surface area contributed by atoms with Crippen molar-refractivity contribution in [3.63, 3.8) is 0 Å². The average Bonchev–Trinajstić information content (AvgIpc) is 2.82. The van der Waals surface area contributed by atoms with Crippen molar-refractivity contribution < 1.29 is 8.42 Å². The van der Waals surface area contributed by atoms with Crippen molar-refractivity contribution in [2.75, 3.05) is 0 Å². The molecule has 120 valence electrons. The Kier molecular flexibility index (Phi) is 4.17. The topological polar surface area (TPSA) is 51.4 Å². The van der Waals surface area contributed by atoms with E-state index < -0.39 is 9.84 Å². The largest absolute Gasteiger partial charge is 0.305 e. The predicted molar refractivity (Wildman–Crippen MR) is 92.4 cm³/mol. The van der Waals surface area contributed by atoms with Crippen molar-refractivity contribution >= 4 is 27.1 Å². The number of aromatic nitrogens is 2. The first-order chi connectivity index (χ1) is 10.8. The number of pyridine rings is 1. The van der Waals surface area contributed by atoms with E-state index >= 15 is 0 Å². The van der Waals surface area contributed by atoms with E-state index in [4.69, 9.17) is 11.6 Å². The number of halogens is 1. The highest BCUT2D eigenvalue weighted by atomic mass is 35.5. The van der Waals surface area contributed by atoms with E-state index in [1.807, 2.05) is 32.0 Å². The molecule has 0 saturated carbocycles. The predicted octanol–water partition coefficient (Wildman–Crippen LogP) is 3.72. The Morgan fingerprint density at radius 3 is 2.65 bits per heavy atom. The number of hydrogen-bond donors (Lipinski definition) is 0. The van der Waals surface area contributed by atoms with Gasteiger partial charge in [-0.25, -0.2) is 13.4 Å². The Morgan fingerprint density at radius 1 is 1.09 bits per heavy atom. The van der Waals surface area contributed by atoms with Gasteiger partial charge in [0.1, 0.15) is 5.65 Å². The quantitative estimate of drug-likeness (QED) is 0.722. The molecule has 3 rings (SSSR count). The van der Waals surface area contributed by atoms with E-state index in [0.717, 1.165) is 16.7 Å². The van der Waals surface area contributed by atoms with Crippen LogP contribution in [0.3, 0.4) is 0 Å². The lowest BCUT2D eigenvalue weighted by atomic mass is 10.1. The van der Waals surface area contributed by atoms with Crippen molar-refractivity contribution in [2.24, 2.45) is 0 Å². The van der Waals surface area contributed by atoms with E-state index in [9.17, 15) is 8.42 Å². The fourth-order valence-electron chi connectivity index (χ4n) is 2.56. The van der Waals surface area contributed by atoms with E-state index in [1.54, 1.807) is 28.9 Å². The first-order valence-corrected chi connectivity index (χ1v) is 9.42. The molecular weight excluding hydrogens is 332 g/mol. The Hall–Kier alpha value is -1.85. The number of rotatable bonds is 4. The molecule has 0 saturated heterocycles. The molecule has 2 aromatic heterocycles. The first-order valence-electron chi connectivity index (χ1n) is 7.22. The molecule has 6 heteroatoms. The number of sulfone groups is 1. The van der Waals surface area contributed by atoms with Crippen LogP contribution in [0.1, 0.15) is 22.4 Å². The smallest absolute Gasteiger partial charge is 0.160 e. The van der Waals surface area contributed by atoms with Crippen LogP contribution >= 0.6 is 11.6 Å². The number of fused-ring (bicyclic) bond motifs is 1. The van der Waals surface area contributed by atoms with Gasteiger partial charge in [0.2, 0.25) is 0 Å². The molecular formula is C17H17ClN2O2S. The Bertz CT molecular complexity index is 977. The van der Waals surface area contributed by atoms with Crippen molar-refractivity contribution in [3.05, 3.63) is 70.1 Å². The summed E-state index contributed by atoms with van der Waals surface area (Å²) in [6.45, 7) is 3.89. The van der Waals surface area contributed by atoms with Gasteiger partial charge in [-0.15, -0.1) is 0 Å². The molecule has 4 nitrogen and oxygen atoms in total. The molecule has 0 fully saturated rings. The summed E-state index contributed by atoms with van der Waals surface area (Å²) in [5.74, 6) is -0.0607. The minimum atomic E-state index is -3.29. The number of nitrogens with zero attached hydrogens (tertiary/aromatic N) is 2. The lowest BCUT2D eigenvalue weighted by Gasteiger charge is -2.07. The van der Waals surface area contributed by atoms with Crippen LogP contribution in [0, 0.1) is 13.8 Å². The Balaban J connectivity index is 1.86. The van der Waals surface area contributed by atoms with E-state index in [0.29, 0.717) is 16.4 Å². The summed E-state index contributed by atoms with van der Waals surface area (Å²) in [7, 11) is -3.29. The molecule has 0 aliphatic carbocycles. The monoisotopic (exact) mass is 348 g/mol. The van der Waals surface area contributed by atoms with Crippen molar-refractivity contribution in [1.82, 2.24) is 9.38 Å². The molecule has 0 N–H and O–H groups in total. The molecule has 3 aromatic rings. The minimum Gasteiger partial charge on any atom is -0.305 e. The second kappa shape index (κ2) is 5.98. The van der Waals surface area contributed by atoms with Crippen LogP contribution < -0.4 is 0 Å². The van der Waals surface area contributed by atoms with Crippen molar-refractivity contribution in [1.29, 1.82) is 0 Å². The standard InChI is InChI=1S/C17H17ClN2O2S/c1-12-3-4-13(2)14(7-12)10-23(21,22)11-16-9-20-8-15(18)5-6-17(20)19-16/h3-9H,10-11H2,1-2H3. The van der Waals surface area contributed by atoms with Crippen LogP contribution in [0.15, 0.2) is 42.7 Å². The maximum Gasteiger partial charge on any atom is 0.160 e. The summed E-state index contributed by atoms with van der Waals surface area (Å²) in [4.78, 5) is 4.35. The third kappa shape index (κ3) is 3.74. The number of imidazole rings is 1.